The van der Waals surface area contributed by atoms with Crippen LogP contribution in [0.15, 0.2) is 57.9 Å². The molecule has 2 amide bonds. The van der Waals surface area contributed by atoms with Crippen LogP contribution in [0.3, 0.4) is 0 Å². The van der Waals surface area contributed by atoms with Gasteiger partial charge < -0.3 is 0 Å². The van der Waals surface area contributed by atoms with Gasteiger partial charge in [0.2, 0.25) is 0 Å². The third-order valence-electron chi connectivity index (χ3n) is 3.30. The summed E-state index contributed by atoms with van der Waals surface area (Å²) in [4.78, 5) is 26.2. The number of nitrogens with zero attached hydrogens (tertiary/aromatic N) is 1. The van der Waals surface area contributed by atoms with Gasteiger partial charge in [0.05, 0.1) is 11.4 Å². The van der Waals surface area contributed by atoms with E-state index >= 15 is 0 Å². The Labute approximate surface area is 151 Å². The van der Waals surface area contributed by atoms with Gasteiger partial charge in [0.1, 0.15) is 0 Å². The summed E-state index contributed by atoms with van der Waals surface area (Å²) >= 11 is 10.2. The van der Waals surface area contributed by atoms with E-state index in [0.29, 0.717) is 9.93 Å². The Kier molecular flexibility index (Phi) is 4.90. The summed E-state index contributed by atoms with van der Waals surface area (Å²) < 4.78 is 0.957. The molecule has 0 aliphatic carbocycles. The number of hydrogen-bond donors (Lipinski definition) is 0. The molecule has 1 aliphatic heterocycles. The molecule has 116 valence electrons. The predicted octanol–water partition coefficient (Wildman–Crippen LogP) is 5.34. The van der Waals surface area contributed by atoms with E-state index in [1.54, 1.807) is 18.2 Å². The van der Waals surface area contributed by atoms with E-state index in [9.17, 15) is 9.59 Å². The van der Waals surface area contributed by atoms with Crippen LogP contribution in [0.4, 0.5) is 4.79 Å². The van der Waals surface area contributed by atoms with Crippen molar-refractivity contribution in [2.75, 3.05) is 0 Å². The van der Waals surface area contributed by atoms with Crippen LogP contribution < -0.4 is 0 Å². The van der Waals surface area contributed by atoms with E-state index in [-0.39, 0.29) is 17.7 Å². The second kappa shape index (κ2) is 6.91. The highest BCUT2D eigenvalue weighted by Gasteiger charge is 2.34. The van der Waals surface area contributed by atoms with Crippen LogP contribution in [0, 0.1) is 0 Å². The lowest BCUT2D eigenvalue weighted by molar-refractivity contribution is -0.123. The van der Waals surface area contributed by atoms with Crippen LogP contribution in [0.2, 0.25) is 5.02 Å². The van der Waals surface area contributed by atoms with Gasteiger partial charge in [0.15, 0.2) is 0 Å². The molecule has 0 saturated carbocycles. The largest absolute Gasteiger partial charge is 0.293 e. The van der Waals surface area contributed by atoms with Crippen molar-refractivity contribution in [1.29, 1.82) is 0 Å². The fraction of sp³-hybridized carbons (Fsp3) is 0.0588. The summed E-state index contributed by atoms with van der Waals surface area (Å²) in [5, 5.41) is 0.378. The average Bonchev–Trinajstić information content (AvgIpc) is 2.79. The SMILES string of the molecule is O=C1S/C(=C\c2ccc(Cl)cc2)C(=O)N1Cc1ccc(Br)cc1. The lowest BCUT2D eigenvalue weighted by atomic mass is 10.2. The molecule has 1 heterocycles. The number of halogens is 2. The monoisotopic (exact) mass is 407 g/mol. The molecule has 1 saturated heterocycles. The lowest BCUT2D eigenvalue weighted by Crippen LogP contribution is -2.27. The normalized spacial score (nSPS) is 16.4. The van der Waals surface area contributed by atoms with Crippen LogP contribution in [0.1, 0.15) is 11.1 Å². The van der Waals surface area contributed by atoms with E-state index in [2.05, 4.69) is 15.9 Å². The van der Waals surface area contributed by atoms with Gasteiger partial charge in [0.25, 0.3) is 11.1 Å². The van der Waals surface area contributed by atoms with E-state index in [0.717, 1.165) is 27.4 Å². The number of rotatable bonds is 3. The molecule has 2 aromatic carbocycles. The molecule has 6 heteroatoms. The highest BCUT2D eigenvalue weighted by atomic mass is 79.9. The van der Waals surface area contributed by atoms with Crippen molar-refractivity contribution in [3.05, 3.63) is 74.1 Å². The topological polar surface area (TPSA) is 37.4 Å². The maximum atomic E-state index is 12.4. The minimum atomic E-state index is -0.266. The molecular weight excluding hydrogens is 398 g/mol. The molecular formula is C17H11BrClNO2S. The molecule has 0 bridgehead atoms. The maximum absolute atomic E-state index is 12.4. The van der Waals surface area contributed by atoms with Crippen molar-refractivity contribution >= 4 is 56.5 Å². The maximum Gasteiger partial charge on any atom is 0.293 e. The Hall–Kier alpha value is -1.56. The Morgan fingerprint density at radius 1 is 1.04 bits per heavy atom. The van der Waals surface area contributed by atoms with Gasteiger partial charge >= 0.3 is 0 Å². The van der Waals surface area contributed by atoms with Crippen molar-refractivity contribution < 1.29 is 9.59 Å². The van der Waals surface area contributed by atoms with Crippen LogP contribution in [-0.4, -0.2) is 16.0 Å². The Morgan fingerprint density at radius 3 is 2.35 bits per heavy atom. The minimum absolute atomic E-state index is 0.252. The third-order valence-corrected chi connectivity index (χ3v) is 4.98. The van der Waals surface area contributed by atoms with Crippen LogP contribution in [0.5, 0.6) is 0 Å². The van der Waals surface area contributed by atoms with Gasteiger partial charge in [0, 0.05) is 9.50 Å². The van der Waals surface area contributed by atoms with Gasteiger partial charge in [-0.25, -0.2) is 0 Å². The number of hydrogen-bond acceptors (Lipinski definition) is 3. The number of amides is 2. The molecule has 1 aliphatic rings. The van der Waals surface area contributed by atoms with Gasteiger partial charge in [-0.1, -0.05) is 51.8 Å². The van der Waals surface area contributed by atoms with Gasteiger partial charge in [-0.3, -0.25) is 14.5 Å². The highest BCUT2D eigenvalue weighted by Crippen LogP contribution is 2.33. The van der Waals surface area contributed by atoms with Gasteiger partial charge in [-0.15, -0.1) is 0 Å². The number of carbonyl (C=O) groups is 2. The molecule has 0 N–H and O–H groups in total. The first-order chi connectivity index (χ1) is 11.0. The lowest BCUT2D eigenvalue weighted by Gasteiger charge is -2.12. The summed E-state index contributed by atoms with van der Waals surface area (Å²) in [6, 6.07) is 14.7. The number of benzene rings is 2. The van der Waals surface area contributed by atoms with E-state index in [4.69, 9.17) is 11.6 Å². The smallest absolute Gasteiger partial charge is 0.268 e. The molecule has 0 spiro atoms. The molecule has 3 rings (SSSR count). The Bertz CT molecular complexity index is 787. The number of imide groups is 1. The average molecular weight is 409 g/mol. The van der Waals surface area contributed by atoms with E-state index in [1.165, 1.54) is 4.90 Å². The summed E-state index contributed by atoms with van der Waals surface area (Å²) in [7, 11) is 0. The summed E-state index contributed by atoms with van der Waals surface area (Å²) in [6.07, 6.45) is 1.71. The first-order valence-electron chi connectivity index (χ1n) is 6.78. The molecule has 3 nitrogen and oxygen atoms in total. The first-order valence-corrected chi connectivity index (χ1v) is 8.77. The zero-order valence-electron chi connectivity index (χ0n) is 11.8. The van der Waals surface area contributed by atoms with Crippen molar-refractivity contribution in [2.24, 2.45) is 0 Å². The summed E-state index contributed by atoms with van der Waals surface area (Å²) in [5.74, 6) is -0.266. The zero-order chi connectivity index (χ0) is 16.4. The molecule has 2 aromatic rings. The highest BCUT2D eigenvalue weighted by molar-refractivity contribution is 9.10. The number of carbonyl (C=O) groups excluding carboxylic acids is 2. The molecule has 23 heavy (non-hydrogen) atoms. The fourth-order valence-corrected chi connectivity index (χ4v) is 3.35. The molecule has 1 fully saturated rings. The zero-order valence-corrected chi connectivity index (χ0v) is 15.0. The second-order valence-electron chi connectivity index (χ2n) is 4.95. The molecule has 0 radical (unpaired) electrons. The predicted molar refractivity (Wildman–Crippen MR) is 97.1 cm³/mol. The Balaban J connectivity index is 1.79. The van der Waals surface area contributed by atoms with Crippen molar-refractivity contribution in [1.82, 2.24) is 4.90 Å². The number of thioether (sulfide) groups is 1. The summed E-state index contributed by atoms with van der Waals surface area (Å²) in [5.41, 5.74) is 1.74. The molecule has 0 aromatic heterocycles. The van der Waals surface area contributed by atoms with E-state index < -0.39 is 0 Å². The standard InChI is InChI=1S/C17H11BrClNO2S/c18-13-5-1-12(2-6-13)10-20-16(21)15(23-17(20)22)9-11-3-7-14(19)8-4-11/h1-9H,10H2/b15-9-. The second-order valence-corrected chi connectivity index (χ2v) is 7.29. The fourth-order valence-electron chi connectivity index (χ4n) is 2.12. The molecule has 0 unspecified atom stereocenters. The van der Waals surface area contributed by atoms with E-state index in [1.807, 2.05) is 36.4 Å². The summed E-state index contributed by atoms with van der Waals surface area (Å²) in [6.45, 7) is 0.274. The van der Waals surface area contributed by atoms with Crippen molar-refractivity contribution in [2.45, 2.75) is 6.54 Å². The van der Waals surface area contributed by atoms with Crippen LogP contribution in [0.25, 0.3) is 6.08 Å². The quantitative estimate of drug-likeness (QED) is 0.643. The first kappa shape index (κ1) is 16.3. The van der Waals surface area contributed by atoms with Crippen LogP contribution in [-0.2, 0) is 11.3 Å². The third kappa shape index (κ3) is 3.86. The minimum Gasteiger partial charge on any atom is -0.268 e. The van der Waals surface area contributed by atoms with Gasteiger partial charge in [-0.2, -0.15) is 0 Å². The van der Waals surface area contributed by atoms with Crippen molar-refractivity contribution in [3.8, 4) is 0 Å². The van der Waals surface area contributed by atoms with Crippen molar-refractivity contribution in [3.63, 3.8) is 0 Å². The Morgan fingerprint density at radius 2 is 1.70 bits per heavy atom. The molecule has 0 atom stereocenters. The van der Waals surface area contributed by atoms with Gasteiger partial charge in [-0.05, 0) is 53.2 Å². The van der Waals surface area contributed by atoms with Crippen LogP contribution >= 0.6 is 39.3 Å².